The highest BCUT2D eigenvalue weighted by Crippen LogP contribution is 2.47. The monoisotopic (exact) mass is 401 g/mol. The first-order chi connectivity index (χ1) is 14.3. The van der Waals surface area contributed by atoms with Crippen LogP contribution in [0.1, 0.15) is 49.0 Å². The van der Waals surface area contributed by atoms with E-state index >= 15 is 0 Å². The number of pyridine rings is 2. The molecule has 1 aliphatic carbocycles. The molecule has 3 aromatic rings. The summed E-state index contributed by atoms with van der Waals surface area (Å²) in [6.07, 6.45) is 6.06. The minimum atomic E-state index is -0.998. The zero-order valence-electron chi connectivity index (χ0n) is 17.2. The van der Waals surface area contributed by atoms with E-state index < -0.39 is 5.60 Å². The first kappa shape index (κ1) is 19.9. The SMILES string of the molecule is Cc1ncc(-c2ccc(C(C)(C)O)nc2)c(OC[C@H]2C[C@@H]2c2ccc(C#N)cn2)n1. The number of aromatic nitrogens is 4. The number of nitrogens with zero attached hydrogens (tertiary/aromatic N) is 5. The molecule has 0 saturated heterocycles. The molecule has 3 heterocycles. The van der Waals surface area contributed by atoms with Crippen LogP contribution in [0.25, 0.3) is 11.1 Å². The molecule has 3 aromatic heterocycles. The van der Waals surface area contributed by atoms with Gasteiger partial charge in [-0.05, 0) is 45.4 Å². The van der Waals surface area contributed by atoms with Crippen LogP contribution in [0.2, 0.25) is 0 Å². The largest absolute Gasteiger partial charge is 0.477 e. The molecule has 4 rings (SSSR count). The summed E-state index contributed by atoms with van der Waals surface area (Å²) in [6.45, 7) is 5.76. The quantitative estimate of drug-likeness (QED) is 0.674. The highest BCUT2D eigenvalue weighted by molar-refractivity contribution is 5.67. The number of ether oxygens (including phenoxy) is 1. The average molecular weight is 401 g/mol. The van der Waals surface area contributed by atoms with Gasteiger partial charge in [-0.25, -0.2) is 4.98 Å². The number of aliphatic hydroxyl groups is 1. The van der Waals surface area contributed by atoms with Gasteiger partial charge in [-0.3, -0.25) is 9.97 Å². The van der Waals surface area contributed by atoms with E-state index in [4.69, 9.17) is 10.00 Å². The summed E-state index contributed by atoms with van der Waals surface area (Å²) < 4.78 is 6.08. The van der Waals surface area contributed by atoms with Crippen molar-refractivity contribution in [2.24, 2.45) is 5.92 Å². The molecule has 2 atom stereocenters. The standard InChI is InChI=1S/C23H23N5O2/c1-14-25-12-19(16-5-7-21(27-11-16)23(2,3)29)22(28-14)30-13-17-8-18(17)20-6-4-15(9-24)10-26-20/h4-7,10-12,17-18,29H,8,13H2,1-3H3/t17-,18+/m1/s1. The second-order valence-corrected chi connectivity index (χ2v) is 8.12. The van der Waals surface area contributed by atoms with Crippen molar-refractivity contribution in [1.82, 2.24) is 19.9 Å². The number of rotatable bonds is 6. The molecule has 0 aromatic carbocycles. The maximum Gasteiger partial charge on any atom is 0.224 e. The number of hydrogen-bond acceptors (Lipinski definition) is 7. The van der Waals surface area contributed by atoms with Gasteiger partial charge in [0.15, 0.2) is 0 Å². The van der Waals surface area contributed by atoms with Crippen LogP contribution < -0.4 is 4.74 Å². The van der Waals surface area contributed by atoms with Crippen LogP contribution in [-0.4, -0.2) is 31.6 Å². The van der Waals surface area contributed by atoms with Crippen LogP contribution in [0.5, 0.6) is 5.88 Å². The van der Waals surface area contributed by atoms with E-state index in [0.717, 1.165) is 23.2 Å². The second kappa shape index (κ2) is 7.81. The van der Waals surface area contributed by atoms with Crippen molar-refractivity contribution in [1.29, 1.82) is 5.26 Å². The summed E-state index contributed by atoms with van der Waals surface area (Å²) in [6, 6.07) is 9.49. The zero-order chi connectivity index (χ0) is 21.3. The fourth-order valence-electron chi connectivity index (χ4n) is 3.34. The van der Waals surface area contributed by atoms with Crippen molar-refractivity contribution in [2.75, 3.05) is 6.61 Å². The Labute approximate surface area is 175 Å². The van der Waals surface area contributed by atoms with E-state index in [2.05, 4.69) is 26.0 Å². The third-order valence-corrected chi connectivity index (χ3v) is 5.23. The lowest BCUT2D eigenvalue weighted by Crippen LogP contribution is -2.17. The Morgan fingerprint density at radius 2 is 1.97 bits per heavy atom. The van der Waals surface area contributed by atoms with E-state index in [1.807, 2.05) is 19.1 Å². The second-order valence-electron chi connectivity index (χ2n) is 8.12. The third kappa shape index (κ3) is 4.29. The van der Waals surface area contributed by atoms with Crippen LogP contribution in [0.15, 0.2) is 42.9 Å². The lowest BCUT2D eigenvalue weighted by atomic mass is 10.0. The van der Waals surface area contributed by atoms with Crippen LogP contribution in [-0.2, 0) is 5.60 Å². The van der Waals surface area contributed by atoms with Crippen molar-refractivity contribution in [3.8, 4) is 23.1 Å². The Hall–Kier alpha value is -3.37. The number of aryl methyl sites for hydroxylation is 1. The van der Waals surface area contributed by atoms with Gasteiger partial charge in [-0.1, -0.05) is 6.07 Å². The molecule has 0 spiro atoms. The highest BCUT2D eigenvalue weighted by Gasteiger charge is 2.40. The van der Waals surface area contributed by atoms with Crippen molar-refractivity contribution in [3.05, 3.63) is 65.6 Å². The summed E-state index contributed by atoms with van der Waals surface area (Å²) in [7, 11) is 0. The van der Waals surface area contributed by atoms with Crippen LogP contribution in [0.4, 0.5) is 0 Å². The van der Waals surface area contributed by atoms with E-state index in [1.165, 1.54) is 0 Å². The summed E-state index contributed by atoms with van der Waals surface area (Å²) in [5.74, 6) is 1.87. The van der Waals surface area contributed by atoms with E-state index in [1.54, 1.807) is 44.6 Å². The molecular weight excluding hydrogens is 378 g/mol. The van der Waals surface area contributed by atoms with Crippen molar-refractivity contribution < 1.29 is 9.84 Å². The molecule has 1 N–H and O–H groups in total. The molecule has 1 saturated carbocycles. The normalized spacial score (nSPS) is 18.0. The molecule has 30 heavy (non-hydrogen) atoms. The molecule has 1 fully saturated rings. The predicted octanol–water partition coefficient (Wildman–Crippen LogP) is 3.52. The Balaban J connectivity index is 1.47. The zero-order valence-corrected chi connectivity index (χ0v) is 17.2. The van der Waals surface area contributed by atoms with Gasteiger partial charge in [0.05, 0.1) is 23.4 Å². The van der Waals surface area contributed by atoms with Gasteiger partial charge < -0.3 is 9.84 Å². The minimum Gasteiger partial charge on any atom is -0.477 e. The molecule has 1 aliphatic rings. The molecule has 0 aliphatic heterocycles. The van der Waals surface area contributed by atoms with Crippen molar-refractivity contribution in [2.45, 2.75) is 38.7 Å². The molecule has 152 valence electrons. The average Bonchev–Trinajstić information content (AvgIpc) is 3.51. The lowest BCUT2D eigenvalue weighted by molar-refractivity contribution is 0.0739. The van der Waals surface area contributed by atoms with Crippen LogP contribution in [0.3, 0.4) is 0 Å². The summed E-state index contributed by atoms with van der Waals surface area (Å²) >= 11 is 0. The molecule has 7 heteroatoms. The fourth-order valence-corrected chi connectivity index (χ4v) is 3.34. The minimum absolute atomic E-state index is 0.344. The first-order valence-corrected chi connectivity index (χ1v) is 9.87. The lowest BCUT2D eigenvalue weighted by Gasteiger charge is -2.17. The van der Waals surface area contributed by atoms with E-state index in [0.29, 0.717) is 41.4 Å². The maximum atomic E-state index is 10.1. The number of hydrogen-bond donors (Lipinski definition) is 1. The Morgan fingerprint density at radius 1 is 1.13 bits per heavy atom. The van der Waals surface area contributed by atoms with Crippen molar-refractivity contribution >= 4 is 0 Å². The molecule has 7 nitrogen and oxygen atoms in total. The Morgan fingerprint density at radius 3 is 2.60 bits per heavy atom. The van der Waals surface area contributed by atoms with Gasteiger partial charge in [-0.15, -0.1) is 0 Å². The van der Waals surface area contributed by atoms with E-state index in [-0.39, 0.29) is 0 Å². The molecule has 0 radical (unpaired) electrons. The van der Waals surface area contributed by atoms with E-state index in [9.17, 15) is 5.11 Å². The first-order valence-electron chi connectivity index (χ1n) is 9.87. The fraction of sp³-hybridized carbons (Fsp3) is 0.348. The summed E-state index contributed by atoms with van der Waals surface area (Å²) in [4.78, 5) is 17.5. The van der Waals surface area contributed by atoms with Gasteiger partial charge in [0.2, 0.25) is 5.88 Å². The van der Waals surface area contributed by atoms with Gasteiger partial charge in [0.25, 0.3) is 0 Å². The summed E-state index contributed by atoms with van der Waals surface area (Å²) in [5, 5.41) is 19.0. The van der Waals surface area contributed by atoms with Gasteiger partial charge in [0, 0.05) is 41.7 Å². The molecular formula is C23H23N5O2. The van der Waals surface area contributed by atoms with Crippen molar-refractivity contribution in [3.63, 3.8) is 0 Å². The molecule has 0 bridgehead atoms. The van der Waals surface area contributed by atoms with Gasteiger partial charge in [-0.2, -0.15) is 10.2 Å². The summed E-state index contributed by atoms with van der Waals surface area (Å²) in [5.41, 5.74) is 2.76. The van der Waals surface area contributed by atoms with Crippen LogP contribution >= 0.6 is 0 Å². The number of nitriles is 1. The van der Waals surface area contributed by atoms with Gasteiger partial charge in [0.1, 0.15) is 17.5 Å². The Kier molecular flexibility index (Phi) is 5.18. The predicted molar refractivity (Wildman–Crippen MR) is 111 cm³/mol. The van der Waals surface area contributed by atoms with Crippen LogP contribution in [0, 0.1) is 24.2 Å². The van der Waals surface area contributed by atoms with Gasteiger partial charge >= 0.3 is 0 Å². The smallest absolute Gasteiger partial charge is 0.224 e. The topological polar surface area (TPSA) is 105 Å². The molecule has 0 amide bonds. The third-order valence-electron chi connectivity index (χ3n) is 5.23. The maximum absolute atomic E-state index is 10.1. The Bertz CT molecular complexity index is 1080. The highest BCUT2D eigenvalue weighted by atomic mass is 16.5. The molecule has 0 unspecified atom stereocenters.